The van der Waals surface area contributed by atoms with Crippen LogP contribution in [0.4, 0.5) is 0 Å². The number of aromatic nitrogens is 4. The van der Waals surface area contributed by atoms with Crippen molar-refractivity contribution < 1.29 is 14.9 Å². The molecule has 4 N–H and O–H groups in total. The number of aliphatic hydroxyl groups excluding tert-OH is 2. The number of fused-ring (bicyclic) bond motifs is 1. The monoisotopic (exact) mass is 268 g/mol. The van der Waals surface area contributed by atoms with E-state index in [1.54, 1.807) is 0 Å². The fourth-order valence-electron chi connectivity index (χ4n) is 2.23. The van der Waals surface area contributed by atoms with E-state index < -0.39 is 29.7 Å². The maximum Gasteiger partial charge on any atom is 0.332 e. The second-order valence-corrected chi connectivity index (χ2v) is 4.35. The topological polar surface area (TPSA) is 133 Å². The first-order valence-electron chi connectivity index (χ1n) is 5.74. The number of hydrogen-bond donors (Lipinski definition) is 4. The zero-order valence-electron chi connectivity index (χ0n) is 9.74. The molecule has 3 rings (SSSR count). The number of H-pyrrole nitrogens is 2. The highest BCUT2D eigenvalue weighted by molar-refractivity contribution is 5.67. The first-order valence-corrected chi connectivity index (χ1v) is 5.74. The van der Waals surface area contributed by atoms with Gasteiger partial charge in [-0.15, -0.1) is 0 Å². The number of imidazole rings is 1. The summed E-state index contributed by atoms with van der Waals surface area (Å²) in [5.41, 5.74) is -0.916. The van der Waals surface area contributed by atoms with Crippen molar-refractivity contribution in [2.45, 2.75) is 24.9 Å². The second kappa shape index (κ2) is 4.30. The van der Waals surface area contributed by atoms with Crippen molar-refractivity contribution in [3.05, 3.63) is 27.2 Å². The van der Waals surface area contributed by atoms with Crippen LogP contribution < -0.4 is 11.2 Å². The van der Waals surface area contributed by atoms with Gasteiger partial charge in [0.15, 0.2) is 5.65 Å². The van der Waals surface area contributed by atoms with Crippen molar-refractivity contribution in [2.75, 3.05) is 6.61 Å². The third kappa shape index (κ3) is 1.79. The molecule has 0 saturated carbocycles. The van der Waals surface area contributed by atoms with Crippen molar-refractivity contribution in [1.82, 2.24) is 19.5 Å². The minimum Gasteiger partial charge on any atom is -0.394 e. The number of rotatable bonds is 2. The highest BCUT2D eigenvalue weighted by Gasteiger charge is 2.36. The van der Waals surface area contributed by atoms with Crippen LogP contribution in [0, 0.1) is 0 Å². The Morgan fingerprint density at radius 1 is 1.53 bits per heavy atom. The SMILES string of the molecule is O=c1[nH]c2nc[nH]c2c(=O)n1C1C[C@H](O)[C@@H](CO)O1. The average molecular weight is 268 g/mol. The van der Waals surface area contributed by atoms with Crippen LogP contribution in [0.25, 0.3) is 11.2 Å². The van der Waals surface area contributed by atoms with E-state index in [2.05, 4.69) is 15.0 Å². The molecule has 9 heteroatoms. The number of nitrogens with zero attached hydrogens (tertiary/aromatic N) is 2. The lowest BCUT2D eigenvalue weighted by molar-refractivity contribution is -0.0467. The Morgan fingerprint density at radius 3 is 3.00 bits per heavy atom. The summed E-state index contributed by atoms with van der Waals surface area (Å²) >= 11 is 0. The van der Waals surface area contributed by atoms with Crippen molar-refractivity contribution in [2.24, 2.45) is 0 Å². The fourth-order valence-corrected chi connectivity index (χ4v) is 2.23. The summed E-state index contributed by atoms with van der Waals surface area (Å²) in [4.78, 5) is 32.9. The smallest absolute Gasteiger partial charge is 0.332 e. The van der Waals surface area contributed by atoms with Gasteiger partial charge in [0.05, 0.1) is 19.0 Å². The first kappa shape index (κ1) is 12.1. The number of ether oxygens (including phenoxy) is 1. The largest absolute Gasteiger partial charge is 0.394 e. The van der Waals surface area contributed by atoms with E-state index in [0.29, 0.717) is 0 Å². The van der Waals surface area contributed by atoms with E-state index in [9.17, 15) is 14.7 Å². The Kier molecular flexibility index (Phi) is 2.73. The van der Waals surface area contributed by atoms with Gasteiger partial charge >= 0.3 is 5.69 Å². The van der Waals surface area contributed by atoms with Gasteiger partial charge in [0.25, 0.3) is 5.56 Å². The number of aromatic amines is 2. The minimum absolute atomic E-state index is 0.0634. The summed E-state index contributed by atoms with van der Waals surface area (Å²) in [6.07, 6.45) is -1.26. The van der Waals surface area contributed by atoms with E-state index in [0.717, 1.165) is 4.57 Å². The molecular weight excluding hydrogens is 256 g/mol. The van der Waals surface area contributed by atoms with E-state index in [1.165, 1.54) is 6.33 Å². The van der Waals surface area contributed by atoms with Gasteiger partial charge in [-0.25, -0.2) is 14.3 Å². The Labute approximate surface area is 105 Å². The van der Waals surface area contributed by atoms with Crippen molar-refractivity contribution in [3.8, 4) is 0 Å². The summed E-state index contributed by atoms with van der Waals surface area (Å²) < 4.78 is 6.18. The highest BCUT2D eigenvalue weighted by Crippen LogP contribution is 2.26. The molecule has 2 aromatic heterocycles. The summed E-state index contributed by atoms with van der Waals surface area (Å²) in [7, 11) is 0. The van der Waals surface area contributed by atoms with Crippen LogP contribution in [0.15, 0.2) is 15.9 Å². The van der Waals surface area contributed by atoms with Gasteiger partial charge in [0.2, 0.25) is 0 Å². The Bertz CT molecular complexity index is 717. The molecule has 0 bridgehead atoms. The van der Waals surface area contributed by atoms with E-state index >= 15 is 0 Å². The van der Waals surface area contributed by atoms with Gasteiger partial charge in [-0.2, -0.15) is 0 Å². The Hall–Kier alpha value is -1.97. The lowest BCUT2D eigenvalue weighted by atomic mass is 10.2. The summed E-state index contributed by atoms with van der Waals surface area (Å²) in [5, 5.41) is 18.6. The molecule has 1 unspecified atom stereocenters. The summed E-state index contributed by atoms with van der Waals surface area (Å²) in [5.74, 6) is 0. The number of hydrogen-bond acceptors (Lipinski definition) is 6. The van der Waals surface area contributed by atoms with E-state index in [1.807, 2.05) is 0 Å². The normalized spacial score (nSPS) is 27.2. The zero-order valence-corrected chi connectivity index (χ0v) is 9.74. The molecule has 0 spiro atoms. The molecule has 1 aliphatic heterocycles. The van der Waals surface area contributed by atoms with Crippen molar-refractivity contribution in [1.29, 1.82) is 0 Å². The van der Waals surface area contributed by atoms with Gasteiger partial charge in [-0.05, 0) is 0 Å². The Balaban J connectivity index is 2.11. The van der Waals surface area contributed by atoms with Crippen LogP contribution in [0.1, 0.15) is 12.6 Å². The molecule has 1 aliphatic rings. The highest BCUT2D eigenvalue weighted by atomic mass is 16.5. The molecule has 0 aromatic carbocycles. The van der Waals surface area contributed by atoms with Crippen LogP contribution in [-0.4, -0.2) is 48.5 Å². The molecule has 0 radical (unpaired) electrons. The van der Waals surface area contributed by atoms with E-state index in [-0.39, 0.29) is 24.2 Å². The third-order valence-corrected chi connectivity index (χ3v) is 3.19. The van der Waals surface area contributed by atoms with Crippen LogP contribution in [-0.2, 0) is 4.74 Å². The summed E-state index contributed by atoms with van der Waals surface area (Å²) in [6, 6.07) is 0. The van der Waals surface area contributed by atoms with Crippen LogP contribution in [0.5, 0.6) is 0 Å². The first-order chi connectivity index (χ1) is 9.11. The summed E-state index contributed by atoms with van der Waals surface area (Å²) in [6.45, 7) is -0.378. The standard InChI is InChI=1S/C10H12N4O5/c15-2-5-4(16)1-6(19-5)14-9(17)7-8(12-3-11-7)13-10(14)18/h3-6,15-16H,1-2H2,(H,11,12)(H,13,18)/t4-,5+,6?/m0/s1. The van der Waals surface area contributed by atoms with Crippen LogP contribution in [0.2, 0.25) is 0 Å². The van der Waals surface area contributed by atoms with E-state index in [4.69, 9.17) is 9.84 Å². The van der Waals surface area contributed by atoms with Gasteiger partial charge < -0.3 is 19.9 Å². The molecule has 3 heterocycles. The maximum atomic E-state index is 12.1. The van der Waals surface area contributed by atoms with Gasteiger partial charge in [0.1, 0.15) is 17.8 Å². The zero-order chi connectivity index (χ0) is 13.6. The van der Waals surface area contributed by atoms with Crippen molar-refractivity contribution in [3.63, 3.8) is 0 Å². The number of aliphatic hydroxyl groups is 2. The number of nitrogens with one attached hydrogen (secondary N) is 2. The molecule has 1 saturated heterocycles. The second-order valence-electron chi connectivity index (χ2n) is 4.35. The molecule has 19 heavy (non-hydrogen) atoms. The van der Waals surface area contributed by atoms with Gasteiger partial charge in [-0.1, -0.05) is 0 Å². The molecule has 2 aromatic rings. The predicted molar refractivity (Wildman–Crippen MR) is 62.6 cm³/mol. The van der Waals surface area contributed by atoms with Gasteiger partial charge in [-0.3, -0.25) is 9.78 Å². The lowest BCUT2D eigenvalue weighted by Crippen LogP contribution is -2.38. The average Bonchev–Trinajstić information content (AvgIpc) is 2.95. The molecule has 1 fully saturated rings. The molecule has 0 amide bonds. The van der Waals surface area contributed by atoms with Gasteiger partial charge in [0, 0.05) is 6.42 Å². The van der Waals surface area contributed by atoms with Crippen molar-refractivity contribution >= 4 is 11.2 Å². The predicted octanol–water partition coefficient (Wildman–Crippen LogP) is -1.95. The molecule has 3 atom stereocenters. The molecule has 102 valence electrons. The molecule has 9 nitrogen and oxygen atoms in total. The van der Waals surface area contributed by atoms with Crippen LogP contribution in [0.3, 0.4) is 0 Å². The minimum atomic E-state index is -0.918. The van der Waals surface area contributed by atoms with Crippen LogP contribution >= 0.6 is 0 Å². The fraction of sp³-hybridized carbons (Fsp3) is 0.500. The molecule has 0 aliphatic carbocycles. The maximum absolute atomic E-state index is 12.1. The molecular formula is C10H12N4O5. The third-order valence-electron chi connectivity index (χ3n) is 3.19. The lowest BCUT2D eigenvalue weighted by Gasteiger charge is -2.13. The Morgan fingerprint density at radius 2 is 2.32 bits per heavy atom. The quantitative estimate of drug-likeness (QED) is 0.500.